The summed E-state index contributed by atoms with van der Waals surface area (Å²) in [5.41, 5.74) is 1.27. The fourth-order valence-electron chi connectivity index (χ4n) is 10.7. The van der Waals surface area contributed by atoms with Crippen LogP contribution in [0.5, 0.6) is 0 Å². The summed E-state index contributed by atoms with van der Waals surface area (Å²) in [6, 6.07) is -1.19. The summed E-state index contributed by atoms with van der Waals surface area (Å²) in [5, 5.41) is 35.2. The van der Waals surface area contributed by atoms with Crippen LogP contribution >= 0.6 is 0 Å². The maximum atomic E-state index is 14.5. The van der Waals surface area contributed by atoms with Gasteiger partial charge in [-0.25, -0.2) is 9.48 Å². The van der Waals surface area contributed by atoms with Crippen molar-refractivity contribution in [2.24, 2.45) is 35.5 Å². The van der Waals surface area contributed by atoms with Gasteiger partial charge < -0.3 is 38.8 Å². The van der Waals surface area contributed by atoms with Crippen LogP contribution in [0, 0.1) is 35.5 Å². The number of hydrogen-bond donors (Lipinski definition) is 2. The molecule has 5 rings (SSSR count). The van der Waals surface area contributed by atoms with Crippen molar-refractivity contribution in [3.63, 3.8) is 0 Å². The Morgan fingerprint density at radius 2 is 1.64 bits per heavy atom. The van der Waals surface area contributed by atoms with Crippen LogP contribution in [0.1, 0.15) is 132 Å². The monoisotopic (exact) mass is 966 g/mol. The second-order valence-corrected chi connectivity index (χ2v) is 20.4. The molecule has 15 atom stereocenters. The summed E-state index contributed by atoms with van der Waals surface area (Å²) in [6.07, 6.45) is 13.9. The van der Waals surface area contributed by atoms with Gasteiger partial charge in [-0.15, -0.1) is 5.10 Å². The number of ether oxygens (including phenoxy) is 5. The van der Waals surface area contributed by atoms with Crippen LogP contribution < -0.4 is 0 Å². The number of carbonyl (C=O) groups excluding carboxylic acids is 5. The van der Waals surface area contributed by atoms with Crippen molar-refractivity contribution in [1.29, 1.82) is 0 Å². The van der Waals surface area contributed by atoms with Crippen LogP contribution in [0.25, 0.3) is 0 Å². The number of aliphatic hydroxyl groups excluding tert-OH is 1. The number of methoxy groups -OCH3 is 3. The number of ketones is 3. The van der Waals surface area contributed by atoms with Crippen molar-refractivity contribution in [3.8, 4) is 0 Å². The van der Waals surface area contributed by atoms with E-state index in [9.17, 15) is 34.2 Å². The molecule has 2 bridgehead atoms. The molecule has 1 aromatic rings. The van der Waals surface area contributed by atoms with Gasteiger partial charge in [-0.05, 0) is 117 Å². The molecule has 1 aliphatic carbocycles. The van der Waals surface area contributed by atoms with Crippen molar-refractivity contribution in [2.75, 3.05) is 27.9 Å². The number of rotatable bonds is 7. The summed E-state index contributed by atoms with van der Waals surface area (Å²) in [6.45, 7) is 12.8. The van der Waals surface area contributed by atoms with Gasteiger partial charge in [-0.1, -0.05) is 71.1 Å². The average Bonchev–Trinajstić information content (AvgIpc) is 3.88. The topological polar surface area (TPSA) is 219 Å². The van der Waals surface area contributed by atoms with Crippen LogP contribution in [0.4, 0.5) is 0 Å². The Morgan fingerprint density at radius 1 is 0.884 bits per heavy atom. The van der Waals surface area contributed by atoms with Gasteiger partial charge in [0.1, 0.15) is 36.5 Å². The lowest BCUT2D eigenvalue weighted by molar-refractivity contribution is -0.265. The van der Waals surface area contributed by atoms with Gasteiger partial charge in [0.2, 0.25) is 5.79 Å². The van der Waals surface area contributed by atoms with E-state index in [0.717, 1.165) is 18.4 Å². The Hall–Kier alpha value is -4.26. The maximum absolute atomic E-state index is 14.5. The number of cyclic esters (lactones) is 1. The third kappa shape index (κ3) is 14.2. The number of aliphatic hydroxyl groups is 2. The minimum absolute atomic E-state index is 0.0170. The van der Waals surface area contributed by atoms with E-state index in [1.807, 2.05) is 58.1 Å². The zero-order valence-corrected chi connectivity index (χ0v) is 42.5. The fraction of sp³-hybridized carbons (Fsp3) is 0.731. The lowest BCUT2D eigenvalue weighted by Crippen LogP contribution is -2.61. The van der Waals surface area contributed by atoms with Crippen molar-refractivity contribution < 1.29 is 57.9 Å². The molecule has 3 unspecified atom stereocenters. The molecular weight excluding hydrogens is 887 g/mol. The number of amides is 1. The summed E-state index contributed by atoms with van der Waals surface area (Å²) in [4.78, 5) is 72.3. The Kier molecular flexibility index (Phi) is 20.8. The average molecular weight is 966 g/mol. The first-order valence-electron chi connectivity index (χ1n) is 25.0. The standard InChI is InChI=1S/C52H79N5O12/c1-31-16-12-11-13-17-32(2)43(65-8)28-39-21-19-37(7)52(64,69-39)49(61)50(62)56-23-15-14-18-41(56)51(63)68-44(34(4)26-38-20-22-40(45(27-38)66-9)57-30-53-54-55-57)29-42(58)33(3)25-36(6)47(60)48(67-10)46(59)35(5)24-31/h11-13,16-17,25,30-31,33-35,37-41,43-45,47-48,60,64H,14-15,18-24,26-29H2,1-10H3/t31-,33-,34-,35?,37-,38+,39+,40?,41+,43+,44+,45-,47-,48?,52-/m1/s1. The largest absolute Gasteiger partial charge is 0.460 e. The van der Waals surface area contributed by atoms with E-state index in [4.69, 9.17) is 23.7 Å². The highest BCUT2D eigenvalue weighted by atomic mass is 16.6. The number of fused-ring (bicyclic) bond motifs is 3. The first-order chi connectivity index (χ1) is 32.8. The first-order valence-corrected chi connectivity index (χ1v) is 25.0. The molecule has 1 aromatic heterocycles. The number of allylic oxidation sites excluding steroid dienone is 6. The molecule has 3 fully saturated rings. The second-order valence-electron chi connectivity index (χ2n) is 20.4. The molecule has 69 heavy (non-hydrogen) atoms. The van der Waals surface area contributed by atoms with Gasteiger partial charge in [0.05, 0.1) is 24.4 Å². The Labute approximate surface area is 408 Å². The van der Waals surface area contributed by atoms with Crippen LogP contribution in [0.3, 0.4) is 0 Å². The van der Waals surface area contributed by atoms with Crippen LogP contribution in [-0.2, 0) is 47.7 Å². The van der Waals surface area contributed by atoms with E-state index in [1.54, 1.807) is 52.1 Å². The van der Waals surface area contributed by atoms with Crippen LogP contribution in [-0.4, -0.2) is 141 Å². The Balaban J connectivity index is 1.46. The van der Waals surface area contributed by atoms with E-state index in [0.29, 0.717) is 56.9 Å². The van der Waals surface area contributed by atoms with E-state index >= 15 is 0 Å². The zero-order valence-electron chi connectivity index (χ0n) is 42.5. The van der Waals surface area contributed by atoms with E-state index in [2.05, 4.69) is 15.5 Å². The molecule has 1 amide bonds. The van der Waals surface area contributed by atoms with Gasteiger partial charge in [-0.2, -0.15) is 0 Å². The van der Waals surface area contributed by atoms with E-state index < -0.39 is 77.8 Å². The number of hydrogen-bond acceptors (Lipinski definition) is 15. The molecule has 2 saturated heterocycles. The minimum Gasteiger partial charge on any atom is -0.460 e. The van der Waals surface area contributed by atoms with Gasteiger partial charge in [0.25, 0.3) is 11.7 Å². The Bertz CT molecular complexity index is 2020. The molecule has 0 radical (unpaired) electrons. The SMILES string of the molecule is COC1C(=O)C(C)C[C@H](C)C=CC=CC=C(C)[C@@H](OC)C[C@@H]2CC[C@@H](C)[C@@](O)(O2)C(=O)C(=O)N2CCCC[C@H]2C(=O)O[C@H]([C@H](C)C[C@@H]2CCC(n3cnnn3)[C@H](OC)C2)CC(=O)[C@H](C)C=C(C)[C@H]1O. The molecule has 4 heterocycles. The molecule has 1 saturated carbocycles. The third-order valence-electron chi connectivity index (χ3n) is 15.2. The molecule has 4 aliphatic rings. The van der Waals surface area contributed by atoms with Gasteiger partial charge in [0, 0.05) is 58.5 Å². The van der Waals surface area contributed by atoms with Gasteiger partial charge in [-0.3, -0.25) is 19.2 Å². The number of aromatic nitrogens is 4. The molecule has 17 heteroatoms. The summed E-state index contributed by atoms with van der Waals surface area (Å²) in [5.74, 6) is -7.92. The number of carbonyl (C=O) groups is 5. The highest BCUT2D eigenvalue weighted by molar-refractivity contribution is 6.39. The zero-order chi connectivity index (χ0) is 50.6. The third-order valence-corrected chi connectivity index (χ3v) is 15.2. The highest BCUT2D eigenvalue weighted by Gasteiger charge is 2.53. The van der Waals surface area contributed by atoms with Crippen LogP contribution in [0.2, 0.25) is 0 Å². The Morgan fingerprint density at radius 3 is 2.32 bits per heavy atom. The van der Waals surface area contributed by atoms with Crippen LogP contribution in [0.15, 0.2) is 53.9 Å². The first kappa shape index (κ1) is 55.7. The number of Topliss-reactive ketones (excluding diaryl/α,β-unsaturated/α-hetero) is 3. The highest BCUT2D eigenvalue weighted by Crippen LogP contribution is 2.39. The summed E-state index contributed by atoms with van der Waals surface area (Å²) in [7, 11) is 4.62. The number of esters is 1. The molecule has 17 nitrogen and oxygen atoms in total. The van der Waals surface area contributed by atoms with E-state index in [1.165, 1.54) is 12.0 Å². The fourth-order valence-corrected chi connectivity index (χ4v) is 10.7. The lowest BCUT2D eigenvalue weighted by atomic mass is 9.77. The van der Waals surface area contributed by atoms with Crippen molar-refractivity contribution >= 4 is 29.2 Å². The normalized spacial score (nSPS) is 36.3. The summed E-state index contributed by atoms with van der Waals surface area (Å²) >= 11 is 0. The lowest BCUT2D eigenvalue weighted by Gasteiger charge is -2.42. The molecule has 3 aliphatic heterocycles. The minimum atomic E-state index is -2.43. The van der Waals surface area contributed by atoms with E-state index in [-0.39, 0.29) is 60.9 Å². The number of piperidine rings is 1. The molecular formula is C52H79N5O12. The smallest absolute Gasteiger partial charge is 0.329 e. The second kappa shape index (κ2) is 25.7. The van der Waals surface area contributed by atoms with Gasteiger partial charge >= 0.3 is 5.97 Å². The van der Waals surface area contributed by atoms with Gasteiger partial charge in [0.15, 0.2) is 5.78 Å². The number of tetrazole rings is 1. The molecule has 384 valence electrons. The summed E-state index contributed by atoms with van der Waals surface area (Å²) < 4.78 is 31.6. The molecule has 0 spiro atoms. The predicted octanol–water partition coefficient (Wildman–Crippen LogP) is 6.05. The predicted molar refractivity (Wildman–Crippen MR) is 256 cm³/mol. The molecule has 2 N–H and O–H groups in total. The van der Waals surface area contributed by atoms with Crippen molar-refractivity contribution in [1.82, 2.24) is 25.1 Å². The quantitative estimate of drug-likeness (QED) is 0.181. The van der Waals surface area contributed by atoms with Crippen molar-refractivity contribution in [2.45, 2.75) is 180 Å². The molecule has 0 aromatic carbocycles. The maximum Gasteiger partial charge on any atom is 0.329 e. The van der Waals surface area contributed by atoms with Crippen molar-refractivity contribution in [3.05, 3.63) is 53.9 Å². The number of nitrogens with zero attached hydrogens (tertiary/aromatic N) is 5.